The van der Waals surface area contributed by atoms with E-state index >= 15 is 0 Å². The lowest BCUT2D eigenvalue weighted by atomic mass is 9.88. The molecule has 1 fully saturated rings. The molecule has 0 spiro atoms. The third-order valence-electron chi connectivity index (χ3n) is 4.17. The number of benzene rings is 1. The summed E-state index contributed by atoms with van der Waals surface area (Å²) < 4.78 is 0. The fourth-order valence-electron chi connectivity index (χ4n) is 2.99. The van der Waals surface area contributed by atoms with E-state index in [2.05, 4.69) is 0 Å². The quantitative estimate of drug-likeness (QED) is 0.641. The van der Waals surface area contributed by atoms with Crippen molar-refractivity contribution in [2.45, 2.75) is 38.5 Å². The molecule has 1 aliphatic rings. The number of nitrogens with two attached hydrogens (primary N) is 1. The molecule has 124 valence electrons. The third kappa shape index (κ3) is 4.28. The van der Waals surface area contributed by atoms with Crippen LogP contribution in [0.25, 0.3) is 0 Å². The molecule has 2 amide bonds. The first kappa shape index (κ1) is 16.9. The van der Waals surface area contributed by atoms with E-state index in [1.807, 2.05) is 0 Å². The lowest BCUT2D eigenvalue weighted by Gasteiger charge is -2.29. The van der Waals surface area contributed by atoms with Gasteiger partial charge in [-0.25, -0.2) is 0 Å². The molecular weight excluding hydrogens is 298 g/mol. The number of para-hydroxylation sites is 2. The molecule has 2 rings (SSSR count). The van der Waals surface area contributed by atoms with Crippen molar-refractivity contribution in [3.63, 3.8) is 0 Å². The summed E-state index contributed by atoms with van der Waals surface area (Å²) in [5.41, 5.74) is 5.28. The number of carbonyl (C=O) groups excluding carboxylic acids is 2. The van der Waals surface area contributed by atoms with Crippen LogP contribution in [-0.4, -0.2) is 23.3 Å². The van der Waals surface area contributed by atoms with Crippen molar-refractivity contribution in [2.24, 2.45) is 11.7 Å². The highest BCUT2D eigenvalue weighted by Gasteiger charge is 2.30. The first-order valence-electron chi connectivity index (χ1n) is 7.84. The van der Waals surface area contributed by atoms with Crippen molar-refractivity contribution in [3.05, 3.63) is 34.4 Å². The van der Waals surface area contributed by atoms with Gasteiger partial charge in [0, 0.05) is 24.9 Å². The van der Waals surface area contributed by atoms with Crippen LogP contribution < -0.4 is 10.6 Å². The van der Waals surface area contributed by atoms with E-state index in [4.69, 9.17) is 5.73 Å². The second-order valence-electron chi connectivity index (χ2n) is 5.79. The Kier molecular flexibility index (Phi) is 5.67. The molecule has 2 N–H and O–H groups in total. The van der Waals surface area contributed by atoms with Gasteiger partial charge in [0.1, 0.15) is 5.69 Å². The smallest absolute Gasteiger partial charge is 0.292 e. The Bertz CT molecular complexity index is 597. The summed E-state index contributed by atoms with van der Waals surface area (Å²) in [6, 6.07) is 6.10. The monoisotopic (exact) mass is 319 g/mol. The van der Waals surface area contributed by atoms with Gasteiger partial charge in [0.2, 0.25) is 11.8 Å². The van der Waals surface area contributed by atoms with Crippen LogP contribution in [0.1, 0.15) is 38.5 Å². The number of primary amides is 1. The summed E-state index contributed by atoms with van der Waals surface area (Å²) >= 11 is 0. The summed E-state index contributed by atoms with van der Waals surface area (Å²) in [7, 11) is 0. The van der Waals surface area contributed by atoms with E-state index in [9.17, 15) is 19.7 Å². The topological polar surface area (TPSA) is 107 Å². The van der Waals surface area contributed by atoms with Gasteiger partial charge in [0.15, 0.2) is 0 Å². The van der Waals surface area contributed by atoms with E-state index in [1.54, 1.807) is 18.2 Å². The van der Waals surface area contributed by atoms with Gasteiger partial charge in [-0.05, 0) is 18.9 Å². The highest BCUT2D eigenvalue weighted by molar-refractivity contribution is 5.97. The Morgan fingerprint density at radius 2 is 1.87 bits per heavy atom. The lowest BCUT2D eigenvalue weighted by molar-refractivity contribution is -0.384. The zero-order valence-corrected chi connectivity index (χ0v) is 12.9. The molecule has 0 saturated heterocycles. The summed E-state index contributed by atoms with van der Waals surface area (Å²) in [4.78, 5) is 36.0. The molecule has 0 bridgehead atoms. The number of anilines is 1. The van der Waals surface area contributed by atoms with Gasteiger partial charge < -0.3 is 10.6 Å². The number of nitrogens with zero attached hydrogens (tertiary/aromatic N) is 2. The summed E-state index contributed by atoms with van der Waals surface area (Å²) in [6.07, 6.45) is 4.62. The normalized spacial score (nSPS) is 15.1. The second kappa shape index (κ2) is 7.71. The molecule has 7 nitrogen and oxygen atoms in total. The van der Waals surface area contributed by atoms with Crippen molar-refractivity contribution in [3.8, 4) is 0 Å². The minimum Gasteiger partial charge on any atom is -0.370 e. The number of hydrogen-bond acceptors (Lipinski definition) is 4. The van der Waals surface area contributed by atoms with Crippen molar-refractivity contribution >= 4 is 23.2 Å². The zero-order chi connectivity index (χ0) is 16.8. The predicted octanol–water partition coefficient (Wildman–Crippen LogP) is 2.38. The highest BCUT2D eigenvalue weighted by Crippen LogP contribution is 2.32. The van der Waals surface area contributed by atoms with Crippen LogP contribution in [0, 0.1) is 16.0 Å². The van der Waals surface area contributed by atoms with Crippen LogP contribution in [0.3, 0.4) is 0 Å². The maximum absolute atomic E-state index is 12.8. The minimum absolute atomic E-state index is 0.0233. The number of amides is 2. The summed E-state index contributed by atoms with van der Waals surface area (Å²) in [5.74, 6) is -0.832. The molecule has 0 heterocycles. The molecule has 0 radical (unpaired) electrons. The van der Waals surface area contributed by atoms with Crippen molar-refractivity contribution in [1.82, 2.24) is 0 Å². The average molecular weight is 319 g/mol. The van der Waals surface area contributed by atoms with Gasteiger partial charge in [-0.1, -0.05) is 31.4 Å². The molecule has 1 aromatic rings. The maximum atomic E-state index is 12.8. The second-order valence-corrected chi connectivity index (χ2v) is 5.79. The van der Waals surface area contributed by atoms with Gasteiger partial charge in [0.25, 0.3) is 5.69 Å². The molecule has 0 aliphatic heterocycles. The van der Waals surface area contributed by atoms with Gasteiger partial charge in [0.05, 0.1) is 4.92 Å². The van der Waals surface area contributed by atoms with Crippen molar-refractivity contribution in [2.75, 3.05) is 11.4 Å². The molecule has 0 aromatic heterocycles. The Balaban J connectivity index is 2.31. The van der Waals surface area contributed by atoms with E-state index in [0.29, 0.717) is 0 Å². The number of rotatable bonds is 6. The lowest BCUT2D eigenvalue weighted by Crippen LogP contribution is -2.39. The van der Waals surface area contributed by atoms with E-state index < -0.39 is 10.8 Å². The predicted molar refractivity (Wildman–Crippen MR) is 85.8 cm³/mol. The Morgan fingerprint density at radius 1 is 1.22 bits per heavy atom. The third-order valence-corrected chi connectivity index (χ3v) is 4.17. The fourth-order valence-corrected chi connectivity index (χ4v) is 2.99. The number of nitro groups is 1. The van der Waals surface area contributed by atoms with Crippen LogP contribution in [0.5, 0.6) is 0 Å². The molecule has 7 heteroatoms. The van der Waals surface area contributed by atoms with Crippen LogP contribution in [-0.2, 0) is 9.59 Å². The number of hydrogen-bond donors (Lipinski definition) is 1. The fraction of sp³-hybridized carbons (Fsp3) is 0.500. The summed E-state index contributed by atoms with van der Waals surface area (Å²) in [6.45, 7) is 0.0650. The molecule has 0 unspecified atom stereocenters. The Hall–Kier alpha value is -2.44. The molecule has 23 heavy (non-hydrogen) atoms. The Morgan fingerprint density at radius 3 is 2.48 bits per heavy atom. The molecular formula is C16H21N3O4. The first-order chi connectivity index (χ1) is 11.0. The van der Waals surface area contributed by atoms with Gasteiger partial charge >= 0.3 is 0 Å². The zero-order valence-electron chi connectivity index (χ0n) is 12.9. The van der Waals surface area contributed by atoms with Crippen LogP contribution in [0.15, 0.2) is 24.3 Å². The first-order valence-corrected chi connectivity index (χ1v) is 7.84. The standard InChI is InChI=1S/C16H21N3O4/c17-15(20)10-11-18(16(21)12-6-2-1-3-7-12)13-8-4-5-9-14(13)19(22)23/h4-5,8-9,12H,1-3,6-7,10-11H2,(H2,17,20). The summed E-state index contributed by atoms with van der Waals surface area (Å²) in [5, 5.41) is 11.2. The van der Waals surface area contributed by atoms with E-state index in [1.165, 1.54) is 11.0 Å². The van der Waals surface area contributed by atoms with Gasteiger partial charge in [-0.2, -0.15) is 0 Å². The van der Waals surface area contributed by atoms with Crippen LogP contribution in [0.2, 0.25) is 0 Å². The average Bonchev–Trinajstić information content (AvgIpc) is 2.55. The Labute approximate surface area is 134 Å². The highest BCUT2D eigenvalue weighted by atomic mass is 16.6. The van der Waals surface area contributed by atoms with Crippen molar-refractivity contribution < 1.29 is 14.5 Å². The van der Waals surface area contributed by atoms with Gasteiger partial charge in [-0.15, -0.1) is 0 Å². The van der Waals surface area contributed by atoms with Gasteiger partial charge in [-0.3, -0.25) is 19.7 Å². The van der Waals surface area contributed by atoms with E-state index in [0.717, 1.165) is 32.1 Å². The SMILES string of the molecule is NC(=O)CCN(C(=O)C1CCCCC1)c1ccccc1[N+](=O)[O-]. The largest absolute Gasteiger partial charge is 0.370 e. The molecule has 1 saturated carbocycles. The molecule has 1 aromatic carbocycles. The number of nitro benzene ring substituents is 1. The van der Waals surface area contributed by atoms with Crippen molar-refractivity contribution in [1.29, 1.82) is 0 Å². The van der Waals surface area contributed by atoms with Crippen LogP contribution in [0.4, 0.5) is 11.4 Å². The van der Waals surface area contributed by atoms with Crippen LogP contribution >= 0.6 is 0 Å². The maximum Gasteiger partial charge on any atom is 0.292 e. The van der Waals surface area contributed by atoms with E-state index in [-0.39, 0.29) is 36.2 Å². The minimum atomic E-state index is -0.537. The molecule has 1 aliphatic carbocycles. The number of carbonyl (C=O) groups is 2. The molecule has 0 atom stereocenters.